The van der Waals surface area contributed by atoms with Crippen LogP contribution in [0.3, 0.4) is 0 Å². The lowest BCUT2D eigenvalue weighted by Crippen LogP contribution is -1.96. The zero-order valence-electron chi connectivity index (χ0n) is 30.9. The lowest BCUT2D eigenvalue weighted by molar-refractivity contribution is 1.18. The number of rotatable bonds is 6. The Morgan fingerprint density at radius 3 is 1.68 bits per heavy atom. The summed E-state index contributed by atoms with van der Waals surface area (Å²) in [6.45, 7) is 0. The molecule has 0 radical (unpaired) electrons. The predicted molar refractivity (Wildman–Crippen MR) is 236 cm³/mol. The van der Waals surface area contributed by atoms with Gasteiger partial charge < -0.3 is 4.57 Å². The first-order valence-corrected chi connectivity index (χ1v) is 19.3. The number of nitrogens with zero attached hydrogens (tertiary/aromatic N) is 4. The van der Waals surface area contributed by atoms with Gasteiger partial charge >= 0.3 is 0 Å². The largest absolute Gasteiger partial charge is 0.309 e. The molecule has 3 aromatic heterocycles. The van der Waals surface area contributed by atoms with Gasteiger partial charge in [-0.2, -0.15) is 0 Å². The molecular weight excluding hydrogens is 693 g/mol. The number of para-hydroxylation sites is 2. The number of hydrogen-bond donors (Lipinski definition) is 0. The first kappa shape index (κ1) is 32.7. The Hall–Kier alpha value is -7.69. The SMILES string of the molecule is c1ccc(-c2cc(-c3cccc(-c4cccc5nc(-c6ccccc6)c6c(ccc7c6c6ccccc6n7-c6ccccc6)c45)c3)nc(-c3ccccc3)n2)cc1. The van der Waals surface area contributed by atoms with E-state index in [2.05, 4.69) is 187 Å². The van der Waals surface area contributed by atoms with Crippen LogP contribution in [0.4, 0.5) is 0 Å². The molecule has 0 saturated heterocycles. The summed E-state index contributed by atoms with van der Waals surface area (Å²) < 4.78 is 2.38. The van der Waals surface area contributed by atoms with Gasteiger partial charge in [0.2, 0.25) is 0 Å². The van der Waals surface area contributed by atoms with Crippen molar-refractivity contribution in [1.82, 2.24) is 19.5 Å². The zero-order chi connectivity index (χ0) is 37.7. The van der Waals surface area contributed by atoms with Gasteiger partial charge in [-0.25, -0.2) is 15.0 Å². The van der Waals surface area contributed by atoms with Gasteiger partial charge in [-0.3, -0.25) is 0 Å². The van der Waals surface area contributed by atoms with E-state index in [-0.39, 0.29) is 0 Å². The average Bonchev–Trinajstić information content (AvgIpc) is 3.64. The summed E-state index contributed by atoms with van der Waals surface area (Å²) in [5, 5.41) is 5.85. The summed E-state index contributed by atoms with van der Waals surface area (Å²) in [6.07, 6.45) is 0. The van der Waals surface area contributed by atoms with Gasteiger partial charge in [0.1, 0.15) is 0 Å². The van der Waals surface area contributed by atoms with Crippen molar-refractivity contribution in [2.24, 2.45) is 0 Å². The Labute approximate surface area is 330 Å². The molecule has 0 saturated carbocycles. The topological polar surface area (TPSA) is 43.6 Å². The second-order valence-electron chi connectivity index (χ2n) is 14.4. The van der Waals surface area contributed by atoms with Crippen LogP contribution in [0.15, 0.2) is 206 Å². The highest BCUT2D eigenvalue weighted by Crippen LogP contribution is 2.45. The molecule has 0 fully saturated rings. The molecule has 0 aliphatic heterocycles. The minimum atomic E-state index is 0.699. The van der Waals surface area contributed by atoms with Gasteiger partial charge in [-0.1, -0.05) is 164 Å². The molecule has 266 valence electrons. The third-order valence-electron chi connectivity index (χ3n) is 11.0. The normalized spacial score (nSPS) is 11.5. The Kier molecular flexibility index (Phi) is 7.78. The van der Waals surface area contributed by atoms with E-state index in [9.17, 15) is 0 Å². The maximum Gasteiger partial charge on any atom is 0.160 e. The highest BCUT2D eigenvalue weighted by Gasteiger charge is 2.21. The zero-order valence-corrected chi connectivity index (χ0v) is 30.9. The van der Waals surface area contributed by atoms with Crippen molar-refractivity contribution < 1.29 is 0 Å². The standard InChI is InChI=1S/C53H34N4/c1-5-17-35(18-6-1)45-34-46(56-53(55-45)37-21-9-3-10-22-37)39-24-15-23-38(33-39)41-28-16-29-44-49(41)43-31-32-48-50(51(43)52(54-44)36-19-7-2-8-20-36)42-27-13-14-30-47(42)57(48)40-25-11-4-12-26-40/h1-34H. The van der Waals surface area contributed by atoms with Crippen molar-refractivity contribution in [2.45, 2.75) is 0 Å². The van der Waals surface area contributed by atoms with Crippen LogP contribution in [-0.4, -0.2) is 19.5 Å². The maximum atomic E-state index is 5.54. The van der Waals surface area contributed by atoms with Crippen molar-refractivity contribution in [3.63, 3.8) is 0 Å². The number of fused-ring (bicyclic) bond motifs is 7. The highest BCUT2D eigenvalue weighted by molar-refractivity contribution is 6.29. The minimum Gasteiger partial charge on any atom is -0.309 e. The molecular formula is C53H34N4. The summed E-state index contributed by atoms with van der Waals surface area (Å²) in [5.41, 5.74) is 13.5. The lowest BCUT2D eigenvalue weighted by Gasteiger charge is -2.16. The lowest BCUT2D eigenvalue weighted by atomic mass is 9.91. The Morgan fingerprint density at radius 2 is 0.930 bits per heavy atom. The van der Waals surface area contributed by atoms with E-state index < -0.39 is 0 Å². The van der Waals surface area contributed by atoms with Gasteiger partial charge in [0, 0.05) is 49.5 Å². The van der Waals surface area contributed by atoms with E-state index in [4.69, 9.17) is 15.0 Å². The third kappa shape index (κ3) is 5.58. The molecule has 0 aliphatic carbocycles. The number of aromatic nitrogens is 4. The van der Waals surface area contributed by atoms with Crippen molar-refractivity contribution in [3.8, 4) is 62.0 Å². The van der Waals surface area contributed by atoms with Crippen LogP contribution in [0.2, 0.25) is 0 Å². The van der Waals surface area contributed by atoms with Crippen molar-refractivity contribution in [1.29, 1.82) is 0 Å². The minimum absolute atomic E-state index is 0.699. The summed E-state index contributed by atoms with van der Waals surface area (Å²) in [4.78, 5) is 15.7. The van der Waals surface area contributed by atoms with Crippen LogP contribution in [-0.2, 0) is 0 Å². The quantitative estimate of drug-likeness (QED) is 0.160. The molecule has 0 N–H and O–H groups in total. The molecule has 0 amide bonds. The Balaban J connectivity index is 1.18. The molecule has 8 aromatic carbocycles. The second-order valence-corrected chi connectivity index (χ2v) is 14.4. The molecule has 3 heterocycles. The third-order valence-corrected chi connectivity index (χ3v) is 11.0. The van der Waals surface area contributed by atoms with Crippen LogP contribution < -0.4 is 0 Å². The fourth-order valence-electron chi connectivity index (χ4n) is 8.42. The fraction of sp³-hybridized carbons (Fsp3) is 0. The van der Waals surface area contributed by atoms with Crippen LogP contribution in [0, 0.1) is 0 Å². The van der Waals surface area contributed by atoms with E-state index in [1.807, 2.05) is 24.3 Å². The summed E-state index contributed by atoms with van der Waals surface area (Å²) in [6, 6.07) is 72.5. The molecule has 57 heavy (non-hydrogen) atoms. The van der Waals surface area contributed by atoms with Gasteiger partial charge in [-0.15, -0.1) is 0 Å². The predicted octanol–water partition coefficient (Wildman–Crippen LogP) is 13.6. The van der Waals surface area contributed by atoms with E-state index in [1.165, 1.54) is 21.7 Å². The highest BCUT2D eigenvalue weighted by atomic mass is 15.0. The molecule has 11 rings (SSSR count). The molecule has 4 heteroatoms. The van der Waals surface area contributed by atoms with E-state index >= 15 is 0 Å². The van der Waals surface area contributed by atoms with Gasteiger partial charge in [-0.05, 0) is 59.0 Å². The Bertz CT molecular complexity index is 3210. The van der Waals surface area contributed by atoms with E-state index in [0.29, 0.717) is 5.82 Å². The van der Waals surface area contributed by atoms with Crippen molar-refractivity contribution >= 4 is 43.5 Å². The van der Waals surface area contributed by atoms with Gasteiger partial charge in [0.15, 0.2) is 5.82 Å². The number of hydrogen-bond acceptors (Lipinski definition) is 3. The van der Waals surface area contributed by atoms with Gasteiger partial charge in [0.05, 0.1) is 33.6 Å². The van der Waals surface area contributed by atoms with E-state index in [1.54, 1.807) is 0 Å². The summed E-state index contributed by atoms with van der Waals surface area (Å²) in [7, 11) is 0. The number of benzene rings is 8. The monoisotopic (exact) mass is 726 g/mol. The smallest absolute Gasteiger partial charge is 0.160 e. The van der Waals surface area contributed by atoms with Gasteiger partial charge in [0.25, 0.3) is 0 Å². The van der Waals surface area contributed by atoms with Crippen LogP contribution in [0.1, 0.15) is 0 Å². The van der Waals surface area contributed by atoms with Crippen LogP contribution in [0.5, 0.6) is 0 Å². The van der Waals surface area contributed by atoms with Crippen molar-refractivity contribution in [2.75, 3.05) is 0 Å². The molecule has 4 nitrogen and oxygen atoms in total. The second kappa shape index (κ2) is 13.6. The molecule has 0 aliphatic rings. The van der Waals surface area contributed by atoms with Crippen LogP contribution >= 0.6 is 0 Å². The summed E-state index contributed by atoms with van der Waals surface area (Å²) in [5.74, 6) is 0.699. The summed E-state index contributed by atoms with van der Waals surface area (Å²) >= 11 is 0. The first-order valence-electron chi connectivity index (χ1n) is 19.3. The average molecular weight is 727 g/mol. The molecule has 0 spiro atoms. The Morgan fingerprint density at radius 1 is 0.333 bits per heavy atom. The first-order chi connectivity index (χ1) is 28.3. The van der Waals surface area contributed by atoms with Crippen molar-refractivity contribution in [3.05, 3.63) is 206 Å². The fourth-order valence-corrected chi connectivity index (χ4v) is 8.42. The molecule has 0 bridgehead atoms. The number of pyridine rings is 1. The van der Waals surface area contributed by atoms with Crippen LogP contribution in [0.25, 0.3) is 105 Å². The maximum absolute atomic E-state index is 5.54. The molecule has 0 unspecified atom stereocenters. The molecule has 0 atom stereocenters. The molecule has 11 aromatic rings. The van der Waals surface area contributed by atoms with E-state index in [0.717, 1.165) is 78.0 Å².